The van der Waals surface area contributed by atoms with Gasteiger partial charge in [0.2, 0.25) is 0 Å². The Labute approximate surface area is 175 Å². The highest BCUT2D eigenvalue weighted by molar-refractivity contribution is 6.73. The zero-order valence-corrected chi connectivity index (χ0v) is 19.3. The largest absolute Gasteiger partial charge is 0.447 e. The standard InChI is InChI=1S/C22H35NO5Si/c1-6-29(7-2,8-3)28-20(16-26-14-18-12-10-9-11-13-18)21(24)23-19(17(4)5)15-27-22(23)25/h9-13,17,19-20H,6-8,14-16H2,1-5H3/t19-,20-/m1/s1. The SMILES string of the molecule is CC[Si](CC)(CC)O[C@H](COCc1ccccc1)C(=O)N1C(=O)OC[C@@H]1C(C)C. The summed E-state index contributed by atoms with van der Waals surface area (Å²) in [5.41, 5.74) is 1.03. The highest BCUT2D eigenvalue weighted by Gasteiger charge is 2.44. The van der Waals surface area contributed by atoms with Crippen LogP contribution in [-0.4, -0.2) is 50.6 Å². The molecule has 29 heavy (non-hydrogen) atoms. The van der Waals surface area contributed by atoms with E-state index in [0.29, 0.717) is 6.61 Å². The first kappa shape index (κ1) is 23.6. The molecule has 0 spiro atoms. The van der Waals surface area contributed by atoms with E-state index in [-0.39, 0.29) is 31.1 Å². The van der Waals surface area contributed by atoms with Crippen LogP contribution in [0.5, 0.6) is 0 Å². The highest BCUT2D eigenvalue weighted by Crippen LogP contribution is 2.27. The Morgan fingerprint density at radius 1 is 1.17 bits per heavy atom. The number of amides is 2. The smallest absolute Gasteiger partial charge is 0.417 e. The number of carbonyl (C=O) groups excluding carboxylic acids is 2. The van der Waals surface area contributed by atoms with E-state index in [1.165, 1.54) is 4.90 Å². The number of hydrogen-bond acceptors (Lipinski definition) is 5. The summed E-state index contributed by atoms with van der Waals surface area (Å²) in [5, 5.41) is 0. The average Bonchev–Trinajstić information content (AvgIpc) is 3.13. The molecule has 6 nitrogen and oxygen atoms in total. The van der Waals surface area contributed by atoms with Gasteiger partial charge >= 0.3 is 6.09 Å². The van der Waals surface area contributed by atoms with Crippen LogP contribution in [0.1, 0.15) is 40.2 Å². The number of benzene rings is 1. The van der Waals surface area contributed by atoms with Crippen LogP contribution in [0.4, 0.5) is 4.79 Å². The summed E-state index contributed by atoms with van der Waals surface area (Å²) in [6.07, 6.45) is -1.38. The number of carbonyl (C=O) groups is 2. The van der Waals surface area contributed by atoms with Gasteiger partial charge in [0, 0.05) is 0 Å². The van der Waals surface area contributed by atoms with Crippen LogP contribution in [-0.2, 0) is 25.3 Å². The Hall–Kier alpha value is -1.70. The normalized spacial score (nSPS) is 18.2. The second-order valence-electron chi connectivity index (χ2n) is 7.95. The Balaban J connectivity index is 2.18. The van der Waals surface area contributed by atoms with Crippen molar-refractivity contribution in [3.63, 3.8) is 0 Å². The van der Waals surface area contributed by atoms with Crippen LogP contribution in [0, 0.1) is 5.92 Å². The fourth-order valence-corrected chi connectivity index (χ4v) is 6.42. The Morgan fingerprint density at radius 3 is 2.34 bits per heavy atom. The van der Waals surface area contributed by atoms with Crippen LogP contribution in [0.3, 0.4) is 0 Å². The Kier molecular flexibility index (Phi) is 8.86. The van der Waals surface area contributed by atoms with E-state index in [0.717, 1.165) is 23.7 Å². The van der Waals surface area contributed by atoms with Crippen LogP contribution in [0.25, 0.3) is 0 Å². The lowest BCUT2D eigenvalue weighted by atomic mass is 10.0. The molecule has 0 saturated carbocycles. The predicted molar refractivity (Wildman–Crippen MR) is 115 cm³/mol. The summed E-state index contributed by atoms with van der Waals surface area (Å²) in [5.74, 6) is -0.228. The third-order valence-electron chi connectivity index (χ3n) is 5.89. The first-order valence-electron chi connectivity index (χ1n) is 10.7. The number of rotatable bonds is 11. The molecule has 0 aromatic heterocycles. The minimum absolute atomic E-state index is 0.113. The molecule has 1 aliphatic rings. The van der Waals surface area contributed by atoms with Gasteiger partial charge in [0.25, 0.3) is 5.91 Å². The summed E-state index contributed by atoms with van der Waals surface area (Å²) < 4.78 is 17.5. The molecule has 1 aromatic rings. The number of cyclic esters (lactones) is 1. The fraction of sp³-hybridized carbons (Fsp3) is 0.636. The first-order valence-corrected chi connectivity index (χ1v) is 13.2. The van der Waals surface area contributed by atoms with E-state index >= 15 is 0 Å². The molecule has 2 atom stereocenters. The molecule has 1 aromatic carbocycles. The number of nitrogens with zero attached hydrogens (tertiary/aromatic N) is 1. The van der Waals surface area contributed by atoms with Crippen molar-refractivity contribution in [3.05, 3.63) is 35.9 Å². The minimum Gasteiger partial charge on any atom is -0.447 e. The van der Waals surface area contributed by atoms with Crippen LogP contribution in [0.15, 0.2) is 30.3 Å². The van der Waals surface area contributed by atoms with Gasteiger partial charge in [-0.15, -0.1) is 0 Å². The number of imide groups is 1. The van der Waals surface area contributed by atoms with Crippen molar-refractivity contribution in [3.8, 4) is 0 Å². The molecule has 1 fully saturated rings. The van der Waals surface area contributed by atoms with Gasteiger partial charge < -0.3 is 13.9 Å². The van der Waals surface area contributed by atoms with Crippen molar-refractivity contribution in [2.75, 3.05) is 13.2 Å². The maximum atomic E-state index is 13.4. The predicted octanol–water partition coefficient (Wildman–Crippen LogP) is 4.60. The molecular formula is C22H35NO5Si. The van der Waals surface area contributed by atoms with Crippen molar-refractivity contribution in [2.24, 2.45) is 5.92 Å². The molecule has 1 heterocycles. The van der Waals surface area contributed by atoms with Gasteiger partial charge in [0.1, 0.15) is 12.7 Å². The minimum atomic E-state index is -2.07. The molecule has 0 aliphatic carbocycles. The van der Waals surface area contributed by atoms with E-state index in [1.54, 1.807) is 0 Å². The fourth-order valence-electron chi connectivity index (χ4n) is 3.65. The zero-order chi connectivity index (χ0) is 21.4. The summed E-state index contributed by atoms with van der Waals surface area (Å²) in [4.78, 5) is 26.9. The topological polar surface area (TPSA) is 65.1 Å². The summed E-state index contributed by atoms with van der Waals surface area (Å²) in [6, 6.07) is 12.3. The molecule has 1 aliphatic heterocycles. The molecule has 0 unspecified atom stereocenters. The van der Waals surface area contributed by atoms with Crippen molar-refractivity contribution < 1.29 is 23.5 Å². The summed E-state index contributed by atoms with van der Waals surface area (Å²) in [7, 11) is -2.07. The van der Waals surface area contributed by atoms with Crippen molar-refractivity contribution in [1.82, 2.24) is 4.90 Å². The molecule has 2 rings (SSSR count). The van der Waals surface area contributed by atoms with Gasteiger partial charge in [0.15, 0.2) is 8.32 Å². The molecule has 0 N–H and O–H groups in total. The van der Waals surface area contributed by atoms with Crippen LogP contribution >= 0.6 is 0 Å². The van der Waals surface area contributed by atoms with Gasteiger partial charge in [-0.05, 0) is 29.6 Å². The number of ether oxygens (including phenoxy) is 2. The van der Waals surface area contributed by atoms with E-state index in [1.807, 2.05) is 44.2 Å². The quantitative estimate of drug-likeness (QED) is 0.489. The van der Waals surface area contributed by atoms with Crippen LogP contribution < -0.4 is 0 Å². The molecule has 0 radical (unpaired) electrons. The maximum absolute atomic E-state index is 13.4. The van der Waals surface area contributed by atoms with Crippen molar-refractivity contribution in [2.45, 2.75) is 71.5 Å². The molecule has 7 heteroatoms. The first-order chi connectivity index (χ1) is 13.9. The highest BCUT2D eigenvalue weighted by atomic mass is 28.4. The van der Waals surface area contributed by atoms with E-state index in [4.69, 9.17) is 13.9 Å². The Bertz CT molecular complexity index is 654. The third-order valence-corrected chi connectivity index (χ3v) is 10.5. The van der Waals surface area contributed by atoms with E-state index in [2.05, 4.69) is 20.8 Å². The summed E-state index contributed by atoms with van der Waals surface area (Å²) >= 11 is 0. The van der Waals surface area contributed by atoms with Crippen molar-refractivity contribution >= 4 is 20.3 Å². The lowest BCUT2D eigenvalue weighted by molar-refractivity contribution is -0.141. The lowest BCUT2D eigenvalue weighted by Crippen LogP contribution is -2.52. The van der Waals surface area contributed by atoms with Gasteiger partial charge in [-0.2, -0.15) is 0 Å². The Morgan fingerprint density at radius 2 is 1.79 bits per heavy atom. The molecule has 0 bridgehead atoms. The summed E-state index contributed by atoms with van der Waals surface area (Å²) in [6.45, 7) is 11.1. The van der Waals surface area contributed by atoms with E-state index in [9.17, 15) is 9.59 Å². The van der Waals surface area contributed by atoms with Gasteiger partial charge in [-0.25, -0.2) is 9.69 Å². The monoisotopic (exact) mass is 421 g/mol. The third kappa shape index (κ3) is 5.90. The molecular weight excluding hydrogens is 386 g/mol. The van der Waals surface area contributed by atoms with E-state index < -0.39 is 20.5 Å². The number of hydrogen-bond donors (Lipinski definition) is 0. The molecule has 2 amide bonds. The van der Waals surface area contributed by atoms with Crippen LogP contribution in [0.2, 0.25) is 18.1 Å². The molecule has 162 valence electrons. The zero-order valence-electron chi connectivity index (χ0n) is 18.3. The second-order valence-corrected chi connectivity index (χ2v) is 12.7. The lowest BCUT2D eigenvalue weighted by Gasteiger charge is -2.34. The molecule has 1 saturated heterocycles. The van der Waals surface area contributed by atoms with Crippen molar-refractivity contribution in [1.29, 1.82) is 0 Å². The van der Waals surface area contributed by atoms with Gasteiger partial charge in [-0.3, -0.25) is 4.79 Å². The van der Waals surface area contributed by atoms with Gasteiger partial charge in [-0.1, -0.05) is 65.0 Å². The average molecular weight is 422 g/mol. The second kappa shape index (κ2) is 10.9. The van der Waals surface area contributed by atoms with Gasteiger partial charge in [0.05, 0.1) is 19.3 Å². The maximum Gasteiger partial charge on any atom is 0.417 e.